The highest BCUT2D eigenvalue weighted by molar-refractivity contribution is 7.93. The van der Waals surface area contributed by atoms with Gasteiger partial charge < -0.3 is 15.2 Å². The van der Waals surface area contributed by atoms with E-state index in [1.807, 2.05) is 6.07 Å². The number of aliphatic imine (C=N–C) groups is 1. The van der Waals surface area contributed by atoms with Gasteiger partial charge in [0.2, 0.25) is 10.0 Å². The second-order valence-electron chi connectivity index (χ2n) is 9.67. The van der Waals surface area contributed by atoms with Crippen molar-refractivity contribution in [3.8, 4) is 5.88 Å². The maximum Gasteiger partial charge on any atom is 0.324 e. The number of hydrogen-bond acceptors (Lipinski definition) is 7. The lowest BCUT2D eigenvalue weighted by Crippen LogP contribution is -2.36. The first-order chi connectivity index (χ1) is 21.0. The number of nitrogens with zero attached hydrogens (tertiary/aromatic N) is 2. The zero-order valence-electron chi connectivity index (χ0n) is 23.4. The van der Waals surface area contributed by atoms with E-state index in [2.05, 4.69) is 9.71 Å². The average Bonchev–Trinajstić information content (AvgIpc) is 3.34. The molecule has 226 valence electrons. The molecule has 0 atom stereocenters. The van der Waals surface area contributed by atoms with Gasteiger partial charge in [-0.3, -0.25) is 13.8 Å². The number of anilines is 2. The Bertz CT molecular complexity index is 2060. The molecule has 1 aromatic heterocycles. The number of aromatic hydroxyl groups is 1. The summed E-state index contributed by atoms with van der Waals surface area (Å²) in [5, 5.41) is 20.8. The van der Waals surface area contributed by atoms with Gasteiger partial charge in [-0.05, 0) is 61.5 Å². The fourth-order valence-electron chi connectivity index (χ4n) is 4.61. The molecule has 11 nitrogen and oxygen atoms in total. The molecule has 0 unspecified atom stereocenters. The van der Waals surface area contributed by atoms with E-state index < -0.39 is 32.6 Å². The third-order valence-electron chi connectivity index (χ3n) is 6.73. The Balaban J connectivity index is 1.60. The highest BCUT2D eigenvalue weighted by Gasteiger charge is 2.24. The van der Waals surface area contributed by atoms with Gasteiger partial charge in [0.25, 0.3) is 10.0 Å². The topological polar surface area (TPSA) is 169 Å². The number of rotatable bonds is 11. The van der Waals surface area contributed by atoms with Crippen LogP contribution in [0.15, 0.2) is 113 Å². The summed E-state index contributed by atoms with van der Waals surface area (Å²) in [4.78, 5) is 19.2. The van der Waals surface area contributed by atoms with Crippen LogP contribution < -0.4 is 9.03 Å². The molecule has 5 aromatic rings. The summed E-state index contributed by atoms with van der Waals surface area (Å²) in [5.74, 6) is -1.76. The maximum atomic E-state index is 13.0. The number of hydrogen-bond donors (Lipinski definition) is 4. The van der Waals surface area contributed by atoms with Crippen LogP contribution in [0.2, 0.25) is 0 Å². The summed E-state index contributed by atoms with van der Waals surface area (Å²) in [6, 6.07) is 27.8. The van der Waals surface area contributed by atoms with Crippen LogP contribution in [0.5, 0.6) is 5.88 Å². The van der Waals surface area contributed by atoms with Gasteiger partial charge in [0.1, 0.15) is 6.54 Å². The van der Waals surface area contributed by atoms with Crippen molar-refractivity contribution in [3.63, 3.8) is 0 Å². The van der Waals surface area contributed by atoms with Crippen LogP contribution in [0.4, 0.5) is 17.1 Å². The summed E-state index contributed by atoms with van der Waals surface area (Å²) in [6.07, 6.45) is 0. The third kappa shape index (κ3) is 6.43. The molecule has 1 heterocycles. The van der Waals surface area contributed by atoms with Gasteiger partial charge in [0.05, 0.1) is 33.3 Å². The zero-order valence-corrected chi connectivity index (χ0v) is 25.0. The van der Waals surface area contributed by atoms with Crippen LogP contribution in [-0.2, 0) is 24.8 Å². The van der Waals surface area contributed by atoms with Crippen molar-refractivity contribution in [2.75, 3.05) is 21.3 Å². The summed E-state index contributed by atoms with van der Waals surface area (Å²) in [5.41, 5.74) is 2.68. The number of aliphatic carboxylic acids is 1. The number of sulfonamides is 2. The van der Waals surface area contributed by atoms with E-state index in [1.54, 1.807) is 72.8 Å². The van der Waals surface area contributed by atoms with Crippen LogP contribution >= 0.6 is 0 Å². The van der Waals surface area contributed by atoms with Gasteiger partial charge in [-0.25, -0.2) is 21.8 Å². The molecular weight excluding hydrogens is 604 g/mol. The molecule has 0 aliphatic rings. The second kappa shape index (κ2) is 12.2. The number of carboxylic acids is 1. The van der Waals surface area contributed by atoms with Crippen molar-refractivity contribution in [1.82, 2.24) is 4.98 Å². The van der Waals surface area contributed by atoms with Crippen LogP contribution in [0, 0.1) is 0 Å². The Hall–Kier alpha value is -5.14. The van der Waals surface area contributed by atoms with Gasteiger partial charge >= 0.3 is 5.97 Å². The molecular formula is C31H28N4O7S2. The first-order valence-electron chi connectivity index (χ1n) is 13.4. The fraction of sp³-hybridized carbons (Fsp3) is 0.0968. The van der Waals surface area contributed by atoms with E-state index in [0.29, 0.717) is 33.4 Å². The van der Waals surface area contributed by atoms with E-state index >= 15 is 0 Å². The molecule has 0 amide bonds. The predicted molar refractivity (Wildman–Crippen MR) is 170 cm³/mol. The van der Waals surface area contributed by atoms with Crippen LogP contribution in [0.3, 0.4) is 0 Å². The Morgan fingerprint density at radius 1 is 0.886 bits per heavy atom. The number of carbonyl (C=O) groups is 1. The van der Waals surface area contributed by atoms with Gasteiger partial charge in [-0.1, -0.05) is 48.5 Å². The van der Waals surface area contributed by atoms with E-state index in [-0.39, 0.29) is 27.9 Å². The van der Waals surface area contributed by atoms with Gasteiger partial charge in [0, 0.05) is 22.2 Å². The van der Waals surface area contributed by atoms with Crippen molar-refractivity contribution in [3.05, 3.63) is 114 Å². The molecule has 0 saturated heterocycles. The number of carboxylic acid groups (broad SMARTS) is 1. The third-order valence-corrected chi connectivity index (χ3v) is 9.86. The minimum Gasteiger partial charge on any atom is -0.494 e. The van der Waals surface area contributed by atoms with Crippen molar-refractivity contribution in [1.29, 1.82) is 0 Å². The molecule has 0 fully saturated rings. The number of H-pyrrole nitrogens is 1. The van der Waals surface area contributed by atoms with Crippen LogP contribution in [0.25, 0.3) is 10.9 Å². The second-order valence-corrected chi connectivity index (χ2v) is 13.5. The van der Waals surface area contributed by atoms with Crippen molar-refractivity contribution < 1.29 is 31.8 Å². The summed E-state index contributed by atoms with van der Waals surface area (Å²) in [7, 11) is -7.73. The van der Waals surface area contributed by atoms with Gasteiger partial charge in [-0.2, -0.15) is 0 Å². The quantitative estimate of drug-likeness (QED) is 0.147. The number of nitrogens with one attached hydrogen (secondary N) is 2. The minimum atomic E-state index is -3.88. The van der Waals surface area contributed by atoms with Crippen LogP contribution in [-0.4, -0.2) is 56.0 Å². The molecule has 0 radical (unpaired) electrons. The summed E-state index contributed by atoms with van der Waals surface area (Å²) in [6.45, 7) is 0.703. The molecule has 0 aliphatic carbocycles. The molecule has 0 saturated carbocycles. The molecule has 4 N–H and O–H groups in total. The van der Waals surface area contributed by atoms with Crippen molar-refractivity contribution >= 4 is 59.7 Å². The highest BCUT2D eigenvalue weighted by atomic mass is 32.2. The zero-order chi connectivity index (χ0) is 31.5. The molecule has 4 aromatic carbocycles. The van der Waals surface area contributed by atoms with E-state index in [1.165, 1.54) is 31.2 Å². The predicted octanol–water partition coefficient (Wildman–Crippen LogP) is 5.08. The molecule has 0 bridgehead atoms. The van der Waals surface area contributed by atoms with Gasteiger partial charge in [0.15, 0.2) is 5.88 Å². The maximum absolute atomic E-state index is 13.0. The fourth-order valence-corrected chi connectivity index (χ4v) is 6.74. The lowest BCUT2D eigenvalue weighted by atomic mass is 10.0. The minimum absolute atomic E-state index is 0.0980. The number of aromatic nitrogens is 1. The molecule has 13 heteroatoms. The first-order valence-corrected chi connectivity index (χ1v) is 16.5. The standard InChI is InChI=1S/C31H28N4O7S2/c1-2-43(39,40)35(20-28(36)37)24-16-13-22(14-17-24)32-30(21-9-5-3-6-10-21)29-26-19-23(15-18-27(26)33-31(29)38)34-44(41,42)25-11-7-4-8-12-25/h3-19,33-34,38H,2,20H2,1H3,(H,36,37). The van der Waals surface area contributed by atoms with E-state index in [4.69, 9.17) is 4.99 Å². The van der Waals surface area contributed by atoms with Crippen molar-refractivity contribution in [2.45, 2.75) is 11.8 Å². The molecule has 5 rings (SSSR count). The normalized spacial score (nSPS) is 12.2. The molecule has 0 aliphatic heterocycles. The summed E-state index contributed by atoms with van der Waals surface area (Å²) < 4.78 is 54.5. The molecule has 0 spiro atoms. The molecule has 44 heavy (non-hydrogen) atoms. The Morgan fingerprint density at radius 2 is 1.52 bits per heavy atom. The smallest absolute Gasteiger partial charge is 0.324 e. The van der Waals surface area contributed by atoms with Crippen molar-refractivity contribution in [2.24, 2.45) is 4.99 Å². The monoisotopic (exact) mass is 632 g/mol. The average molecular weight is 633 g/mol. The SMILES string of the molecule is CCS(=O)(=O)N(CC(=O)O)c1ccc(N=C(c2ccccc2)c2c(O)[nH]c3ccc(NS(=O)(=O)c4ccccc4)cc23)cc1. The van der Waals surface area contributed by atoms with E-state index in [0.717, 1.165) is 4.31 Å². The first kappa shape index (κ1) is 30.3. The Morgan fingerprint density at radius 3 is 2.14 bits per heavy atom. The Labute approximate surface area is 254 Å². The lowest BCUT2D eigenvalue weighted by molar-refractivity contribution is -0.135. The highest BCUT2D eigenvalue weighted by Crippen LogP contribution is 2.34. The lowest BCUT2D eigenvalue weighted by Gasteiger charge is -2.21. The number of benzene rings is 4. The largest absolute Gasteiger partial charge is 0.494 e. The Kier molecular flexibility index (Phi) is 8.43. The summed E-state index contributed by atoms with van der Waals surface area (Å²) >= 11 is 0. The van der Waals surface area contributed by atoms with Crippen LogP contribution in [0.1, 0.15) is 18.1 Å². The van der Waals surface area contributed by atoms with E-state index in [9.17, 15) is 31.8 Å². The number of aromatic amines is 1. The number of fused-ring (bicyclic) bond motifs is 1. The van der Waals surface area contributed by atoms with Gasteiger partial charge in [-0.15, -0.1) is 0 Å².